The molecule has 2 heterocycles. The fourth-order valence-corrected chi connectivity index (χ4v) is 6.02. The highest BCUT2D eigenvalue weighted by molar-refractivity contribution is 5.46. The minimum Gasteiger partial charge on any atom is -0.492 e. The van der Waals surface area contributed by atoms with Crippen molar-refractivity contribution in [1.29, 1.82) is 0 Å². The molecule has 0 aliphatic carbocycles. The Kier molecular flexibility index (Phi) is 11.0. The topological polar surface area (TPSA) is 69.6 Å². The van der Waals surface area contributed by atoms with E-state index in [0.29, 0.717) is 25.4 Å². The molecule has 5 rings (SSSR count). The van der Waals surface area contributed by atoms with Gasteiger partial charge in [-0.2, -0.15) is 0 Å². The van der Waals surface area contributed by atoms with Crippen LogP contribution in [-0.4, -0.2) is 63.0 Å². The van der Waals surface area contributed by atoms with Crippen molar-refractivity contribution in [2.45, 2.75) is 76.0 Å². The Hall–Kier alpha value is -3.10. The summed E-state index contributed by atoms with van der Waals surface area (Å²) >= 11 is 0. The summed E-state index contributed by atoms with van der Waals surface area (Å²) in [5, 5.41) is 12.9. The van der Waals surface area contributed by atoms with E-state index in [1.807, 2.05) is 80.8 Å². The number of hydrogen-bond acceptors (Lipinski definition) is 7. The molecule has 0 aromatic heterocycles. The van der Waals surface area contributed by atoms with Crippen molar-refractivity contribution in [2.75, 3.05) is 40.5 Å². The van der Waals surface area contributed by atoms with E-state index in [2.05, 4.69) is 17.9 Å². The van der Waals surface area contributed by atoms with Crippen LogP contribution >= 0.6 is 0 Å². The Morgan fingerprint density at radius 3 is 2.00 bits per heavy atom. The molecule has 2 fully saturated rings. The summed E-state index contributed by atoms with van der Waals surface area (Å²) in [5.41, 5.74) is 1.18. The van der Waals surface area contributed by atoms with Crippen molar-refractivity contribution >= 4 is 0 Å². The molecule has 0 saturated carbocycles. The average molecular weight is 590 g/mol. The van der Waals surface area contributed by atoms with Crippen LogP contribution in [0.1, 0.15) is 74.5 Å². The first kappa shape index (κ1) is 31.3. The summed E-state index contributed by atoms with van der Waals surface area (Å²) < 4.78 is 30.1. The summed E-state index contributed by atoms with van der Waals surface area (Å²) in [4.78, 5) is 2.09. The minimum absolute atomic E-state index is 0.237. The maximum Gasteiger partial charge on any atom is 0.199 e. The van der Waals surface area contributed by atoms with E-state index in [4.69, 9.17) is 23.7 Å². The van der Waals surface area contributed by atoms with Gasteiger partial charge in [-0.25, -0.2) is 0 Å². The molecule has 0 amide bonds. The van der Waals surface area contributed by atoms with Crippen LogP contribution in [0.15, 0.2) is 72.8 Å². The highest BCUT2D eigenvalue weighted by Crippen LogP contribution is 2.46. The molecule has 4 unspecified atom stereocenters. The Balaban J connectivity index is 1.48. The Bertz CT molecular complexity index is 1270. The Labute approximate surface area is 256 Å². The predicted molar refractivity (Wildman–Crippen MR) is 168 cm³/mol. The molecular formula is C36H47NO6. The summed E-state index contributed by atoms with van der Waals surface area (Å²) in [7, 11) is 4.05. The predicted octanol–water partition coefficient (Wildman–Crippen LogP) is 6.87. The molecule has 1 N–H and O–H groups in total. The molecule has 2 saturated heterocycles. The lowest BCUT2D eigenvalue weighted by Crippen LogP contribution is -2.35. The molecule has 4 atom stereocenters. The molecule has 3 aromatic carbocycles. The molecule has 7 heteroatoms. The van der Waals surface area contributed by atoms with E-state index < -0.39 is 5.60 Å². The van der Waals surface area contributed by atoms with Gasteiger partial charge in [-0.3, -0.25) is 0 Å². The number of likely N-dealkylation sites (N-methyl/N-ethyl adjacent to an activating group) is 1. The van der Waals surface area contributed by atoms with Gasteiger partial charge in [-0.05, 0) is 99.3 Å². The quantitative estimate of drug-likeness (QED) is 0.233. The number of ether oxygens (including phenoxy) is 5. The van der Waals surface area contributed by atoms with Crippen LogP contribution in [0.4, 0.5) is 0 Å². The van der Waals surface area contributed by atoms with Gasteiger partial charge in [0.15, 0.2) is 12.6 Å². The van der Waals surface area contributed by atoms with Gasteiger partial charge in [-0.1, -0.05) is 43.3 Å². The van der Waals surface area contributed by atoms with E-state index in [9.17, 15) is 5.11 Å². The Morgan fingerprint density at radius 2 is 1.42 bits per heavy atom. The third kappa shape index (κ3) is 8.09. The highest BCUT2D eigenvalue weighted by atomic mass is 16.7. The number of nitrogens with zero attached hydrogens (tertiary/aromatic N) is 1. The number of rotatable bonds is 13. The molecule has 0 spiro atoms. The normalized spacial score (nSPS) is 21.1. The molecule has 232 valence electrons. The van der Waals surface area contributed by atoms with Gasteiger partial charge in [-0.15, -0.1) is 0 Å². The highest BCUT2D eigenvalue weighted by Gasteiger charge is 2.41. The summed E-state index contributed by atoms with van der Waals surface area (Å²) in [5.74, 6) is 1.94. The molecular weight excluding hydrogens is 542 g/mol. The first-order valence-corrected chi connectivity index (χ1v) is 15.8. The van der Waals surface area contributed by atoms with E-state index in [1.165, 1.54) is 0 Å². The fourth-order valence-electron chi connectivity index (χ4n) is 6.02. The first-order valence-electron chi connectivity index (χ1n) is 15.8. The van der Waals surface area contributed by atoms with Crippen LogP contribution in [0, 0.1) is 0 Å². The van der Waals surface area contributed by atoms with Crippen molar-refractivity contribution in [1.82, 2.24) is 4.90 Å². The van der Waals surface area contributed by atoms with Gasteiger partial charge < -0.3 is 33.7 Å². The lowest BCUT2D eigenvalue weighted by atomic mass is 9.71. The zero-order valence-electron chi connectivity index (χ0n) is 25.9. The van der Waals surface area contributed by atoms with Crippen LogP contribution in [0.5, 0.6) is 17.2 Å². The molecule has 43 heavy (non-hydrogen) atoms. The number of benzene rings is 3. The molecule has 2 aliphatic rings. The van der Waals surface area contributed by atoms with E-state index in [1.54, 1.807) is 0 Å². The molecule has 7 nitrogen and oxygen atoms in total. The maximum atomic E-state index is 12.9. The maximum absolute atomic E-state index is 12.9. The second-order valence-electron chi connectivity index (χ2n) is 11.8. The smallest absolute Gasteiger partial charge is 0.199 e. The number of aliphatic hydroxyl groups is 1. The van der Waals surface area contributed by atoms with Crippen LogP contribution in [0.25, 0.3) is 0 Å². The SMILES string of the molecule is CCC(c1cccc(OC2CCCCO2)c1)C(O)(c1ccc(OCCN(C)C)cc1)c1cccc(OC2CCCCO2)c1. The van der Waals surface area contributed by atoms with Gasteiger partial charge in [0.2, 0.25) is 0 Å². The monoisotopic (exact) mass is 589 g/mol. The van der Waals surface area contributed by atoms with Gasteiger partial charge >= 0.3 is 0 Å². The van der Waals surface area contributed by atoms with E-state index >= 15 is 0 Å². The van der Waals surface area contributed by atoms with Crippen LogP contribution in [0.2, 0.25) is 0 Å². The second-order valence-corrected chi connectivity index (χ2v) is 11.8. The van der Waals surface area contributed by atoms with Crippen LogP contribution in [-0.2, 0) is 15.1 Å². The van der Waals surface area contributed by atoms with Crippen molar-refractivity contribution in [2.24, 2.45) is 0 Å². The average Bonchev–Trinajstić information content (AvgIpc) is 3.03. The van der Waals surface area contributed by atoms with E-state index in [0.717, 1.165) is 79.9 Å². The third-order valence-corrected chi connectivity index (χ3v) is 8.36. The third-order valence-electron chi connectivity index (χ3n) is 8.36. The standard InChI is InChI=1S/C36H47NO6/c1-4-33(27-11-9-13-31(25-27)42-34-15-5-7-22-40-34)36(38,28-17-19-30(20-18-28)39-24-21-37(2)3)29-12-10-14-32(26-29)43-35-16-6-8-23-41-35/h9-14,17-20,25-26,33-35,38H,4-8,15-16,21-24H2,1-3H3. The Morgan fingerprint density at radius 1 is 0.791 bits per heavy atom. The van der Waals surface area contributed by atoms with Crippen molar-refractivity contribution in [3.63, 3.8) is 0 Å². The summed E-state index contributed by atoms with van der Waals surface area (Å²) in [6.45, 7) is 4.96. The van der Waals surface area contributed by atoms with Gasteiger partial charge in [0.25, 0.3) is 0 Å². The van der Waals surface area contributed by atoms with Crippen molar-refractivity contribution < 1.29 is 28.8 Å². The first-order chi connectivity index (χ1) is 21.0. The fraction of sp³-hybridized carbons (Fsp3) is 0.500. The molecule has 3 aromatic rings. The largest absolute Gasteiger partial charge is 0.492 e. The van der Waals surface area contributed by atoms with Crippen molar-refractivity contribution in [3.8, 4) is 17.2 Å². The van der Waals surface area contributed by atoms with Gasteiger partial charge in [0.1, 0.15) is 29.5 Å². The van der Waals surface area contributed by atoms with Crippen LogP contribution < -0.4 is 14.2 Å². The van der Waals surface area contributed by atoms with Gasteiger partial charge in [0, 0.05) is 25.3 Å². The molecule has 0 radical (unpaired) electrons. The summed E-state index contributed by atoms with van der Waals surface area (Å²) in [6.07, 6.45) is 6.23. The summed E-state index contributed by atoms with van der Waals surface area (Å²) in [6, 6.07) is 23.7. The van der Waals surface area contributed by atoms with Crippen molar-refractivity contribution in [3.05, 3.63) is 89.5 Å². The molecule has 0 bridgehead atoms. The lowest BCUT2D eigenvalue weighted by Gasteiger charge is -2.38. The minimum atomic E-state index is -1.36. The second kappa shape index (κ2) is 15.1. The molecule has 2 aliphatic heterocycles. The van der Waals surface area contributed by atoms with E-state index in [-0.39, 0.29) is 18.5 Å². The van der Waals surface area contributed by atoms with Crippen LogP contribution in [0.3, 0.4) is 0 Å². The number of hydrogen-bond donors (Lipinski definition) is 1. The zero-order valence-corrected chi connectivity index (χ0v) is 25.9. The zero-order chi connectivity index (χ0) is 30.1. The van der Waals surface area contributed by atoms with Gasteiger partial charge in [0.05, 0.1) is 13.2 Å². The lowest BCUT2D eigenvalue weighted by molar-refractivity contribution is -0.106.